The van der Waals surface area contributed by atoms with Crippen molar-refractivity contribution >= 4 is 56.7 Å². The van der Waals surface area contributed by atoms with E-state index in [1.807, 2.05) is 29.2 Å². The minimum Gasteiger partial charge on any atom is -0.436 e. The summed E-state index contributed by atoms with van der Waals surface area (Å²) in [7, 11) is 0. The van der Waals surface area contributed by atoms with E-state index in [1.165, 1.54) is 6.07 Å². The van der Waals surface area contributed by atoms with Crippen LogP contribution >= 0.6 is 22.6 Å². The van der Waals surface area contributed by atoms with E-state index in [9.17, 15) is 14.9 Å². The molecule has 0 bridgehead atoms. The third-order valence-electron chi connectivity index (χ3n) is 5.85. The number of rotatable bonds is 5. The Labute approximate surface area is 209 Å². The van der Waals surface area contributed by atoms with E-state index in [0.717, 1.165) is 41.5 Å². The van der Waals surface area contributed by atoms with Gasteiger partial charge >= 0.3 is 0 Å². The monoisotopic (exact) mass is 568 g/mol. The normalized spacial score (nSPS) is 13.7. The van der Waals surface area contributed by atoms with Crippen LogP contribution in [0.3, 0.4) is 0 Å². The molecule has 2 heterocycles. The van der Waals surface area contributed by atoms with Crippen molar-refractivity contribution in [2.24, 2.45) is 0 Å². The van der Waals surface area contributed by atoms with Crippen molar-refractivity contribution in [2.75, 3.05) is 23.3 Å². The molecule has 9 heteroatoms. The highest BCUT2D eigenvalue weighted by atomic mass is 127. The van der Waals surface area contributed by atoms with E-state index in [2.05, 4.69) is 32.9 Å². The molecule has 0 radical (unpaired) electrons. The van der Waals surface area contributed by atoms with Gasteiger partial charge in [0.1, 0.15) is 11.2 Å². The highest BCUT2D eigenvalue weighted by molar-refractivity contribution is 14.1. The van der Waals surface area contributed by atoms with Crippen molar-refractivity contribution in [3.63, 3.8) is 0 Å². The smallest absolute Gasteiger partial charge is 0.293 e. The van der Waals surface area contributed by atoms with Crippen molar-refractivity contribution < 1.29 is 14.1 Å². The standard InChI is InChI=1S/C25H21IN4O4/c26-18-6-4-5-17(13-18)25-28-20-15-19(8-10-23(20)34-25)27-24(31)16-7-9-21(22(14-16)30(32)33)29-11-2-1-3-12-29/h4-10,13-15H,1-3,11-12H2,(H,27,31). The van der Waals surface area contributed by atoms with Gasteiger partial charge in [-0.2, -0.15) is 0 Å². The Bertz CT molecular complexity index is 1390. The summed E-state index contributed by atoms with van der Waals surface area (Å²) >= 11 is 2.23. The molecule has 1 saturated heterocycles. The fraction of sp³-hybridized carbons (Fsp3) is 0.200. The number of nitro groups is 1. The van der Waals surface area contributed by atoms with Gasteiger partial charge in [0.2, 0.25) is 5.89 Å². The first-order chi connectivity index (χ1) is 16.5. The maximum atomic E-state index is 12.9. The molecule has 3 aromatic carbocycles. The second-order valence-corrected chi connectivity index (χ2v) is 9.42. The lowest BCUT2D eigenvalue weighted by Crippen LogP contribution is -2.30. The van der Waals surface area contributed by atoms with Crippen molar-refractivity contribution in [1.82, 2.24) is 4.98 Å². The summed E-state index contributed by atoms with van der Waals surface area (Å²) < 4.78 is 6.93. The van der Waals surface area contributed by atoms with Gasteiger partial charge in [-0.25, -0.2) is 4.98 Å². The molecule has 4 aromatic rings. The fourth-order valence-corrected chi connectivity index (χ4v) is 4.71. The number of amides is 1. The highest BCUT2D eigenvalue weighted by Crippen LogP contribution is 2.32. The number of halogens is 1. The van der Waals surface area contributed by atoms with E-state index in [-0.39, 0.29) is 11.3 Å². The first-order valence-corrected chi connectivity index (χ1v) is 12.1. The van der Waals surface area contributed by atoms with Gasteiger partial charge in [0.05, 0.1) is 4.92 Å². The van der Waals surface area contributed by atoms with Gasteiger partial charge in [0, 0.05) is 39.5 Å². The lowest BCUT2D eigenvalue weighted by molar-refractivity contribution is -0.384. The number of benzene rings is 3. The molecule has 1 aliphatic heterocycles. The Balaban J connectivity index is 1.38. The first kappa shape index (κ1) is 22.3. The topological polar surface area (TPSA) is 102 Å². The molecule has 1 aromatic heterocycles. The van der Waals surface area contributed by atoms with E-state index < -0.39 is 10.8 Å². The van der Waals surface area contributed by atoms with Gasteiger partial charge in [0.15, 0.2) is 5.58 Å². The molecule has 0 unspecified atom stereocenters. The van der Waals surface area contributed by atoms with Gasteiger partial charge in [0.25, 0.3) is 11.6 Å². The summed E-state index contributed by atoms with van der Waals surface area (Å²) in [5.74, 6) is 0.0786. The number of carbonyl (C=O) groups excluding carboxylic acids is 1. The minimum absolute atomic E-state index is 0.0522. The molecule has 1 N–H and O–H groups in total. The first-order valence-electron chi connectivity index (χ1n) is 11.0. The number of hydrogen-bond acceptors (Lipinski definition) is 6. The zero-order chi connectivity index (χ0) is 23.7. The summed E-state index contributed by atoms with van der Waals surface area (Å²) in [4.78, 5) is 30.7. The number of nitro benzene ring substituents is 1. The predicted octanol–water partition coefficient (Wildman–Crippen LogP) is 6.25. The third kappa shape index (κ3) is 4.60. The molecule has 1 fully saturated rings. The van der Waals surface area contributed by atoms with Crippen molar-refractivity contribution in [3.8, 4) is 11.5 Å². The summed E-state index contributed by atoms with van der Waals surface area (Å²) in [6.07, 6.45) is 3.15. The van der Waals surface area contributed by atoms with Crippen LogP contribution in [0, 0.1) is 13.7 Å². The second kappa shape index (κ2) is 9.41. The van der Waals surface area contributed by atoms with Gasteiger partial charge < -0.3 is 14.6 Å². The Hall–Kier alpha value is -3.47. The molecule has 1 amide bonds. The van der Waals surface area contributed by atoms with Crippen molar-refractivity contribution in [3.05, 3.63) is 79.9 Å². The molecule has 34 heavy (non-hydrogen) atoms. The Kier molecular flexibility index (Phi) is 6.18. The van der Waals surface area contributed by atoms with Gasteiger partial charge in [-0.1, -0.05) is 6.07 Å². The molecule has 8 nitrogen and oxygen atoms in total. The van der Waals surface area contributed by atoms with E-state index in [4.69, 9.17) is 4.42 Å². The van der Waals surface area contributed by atoms with Gasteiger partial charge in [-0.3, -0.25) is 14.9 Å². The average Bonchev–Trinajstić information content (AvgIpc) is 3.28. The van der Waals surface area contributed by atoms with Gasteiger partial charge in [-0.15, -0.1) is 0 Å². The second-order valence-electron chi connectivity index (χ2n) is 8.17. The summed E-state index contributed by atoms with van der Waals surface area (Å²) in [6, 6.07) is 17.7. The van der Waals surface area contributed by atoms with Gasteiger partial charge in [-0.05, 0) is 90.4 Å². The average molecular weight is 568 g/mol. The largest absolute Gasteiger partial charge is 0.436 e. The number of nitrogens with zero attached hydrogens (tertiary/aromatic N) is 3. The quantitative estimate of drug-likeness (QED) is 0.174. The molecule has 1 aliphatic rings. The number of piperidine rings is 1. The van der Waals surface area contributed by atoms with E-state index >= 15 is 0 Å². The van der Waals surface area contributed by atoms with E-state index in [0.29, 0.717) is 28.4 Å². The van der Waals surface area contributed by atoms with Crippen LogP contribution in [0.15, 0.2) is 65.1 Å². The maximum absolute atomic E-state index is 12.9. The SMILES string of the molecule is O=C(Nc1ccc2oc(-c3cccc(I)c3)nc2c1)c1ccc(N2CCCCC2)c([N+](=O)[O-])c1. The van der Waals surface area contributed by atoms with Crippen LogP contribution < -0.4 is 10.2 Å². The molecular formula is C25H21IN4O4. The number of oxazole rings is 1. The summed E-state index contributed by atoms with van der Waals surface area (Å²) in [6.45, 7) is 1.57. The van der Waals surface area contributed by atoms with Crippen LogP contribution in [-0.2, 0) is 0 Å². The lowest BCUT2D eigenvalue weighted by atomic mass is 10.1. The molecule has 5 rings (SSSR count). The molecular weight excluding hydrogens is 547 g/mol. The Morgan fingerprint density at radius 3 is 2.65 bits per heavy atom. The molecule has 0 saturated carbocycles. The zero-order valence-electron chi connectivity index (χ0n) is 18.2. The zero-order valence-corrected chi connectivity index (χ0v) is 20.3. The van der Waals surface area contributed by atoms with Crippen LogP contribution in [0.25, 0.3) is 22.6 Å². The lowest BCUT2D eigenvalue weighted by Gasteiger charge is -2.28. The predicted molar refractivity (Wildman–Crippen MR) is 139 cm³/mol. The number of aromatic nitrogens is 1. The van der Waals surface area contributed by atoms with Crippen LogP contribution in [0.4, 0.5) is 17.1 Å². The summed E-state index contributed by atoms with van der Waals surface area (Å²) in [5, 5.41) is 14.5. The number of anilines is 2. The fourth-order valence-electron chi connectivity index (χ4n) is 4.17. The summed E-state index contributed by atoms with van der Waals surface area (Å²) in [5.41, 5.74) is 3.35. The van der Waals surface area contributed by atoms with E-state index in [1.54, 1.807) is 30.3 Å². The minimum atomic E-state index is -0.422. The number of fused-ring (bicyclic) bond motifs is 1. The number of hydrogen-bond donors (Lipinski definition) is 1. The molecule has 0 aliphatic carbocycles. The Morgan fingerprint density at radius 1 is 1.06 bits per heavy atom. The van der Waals surface area contributed by atoms with Crippen LogP contribution in [0.1, 0.15) is 29.6 Å². The highest BCUT2D eigenvalue weighted by Gasteiger charge is 2.23. The van der Waals surface area contributed by atoms with Crippen molar-refractivity contribution in [2.45, 2.75) is 19.3 Å². The third-order valence-corrected chi connectivity index (χ3v) is 6.52. The number of carbonyl (C=O) groups is 1. The Morgan fingerprint density at radius 2 is 1.88 bits per heavy atom. The molecule has 0 atom stereocenters. The number of nitrogens with one attached hydrogen (secondary N) is 1. The van der Waals surface area contributed by atoms with Crippen LogP contribution in [-0.4, -0.2) is 28.9 Å². The molecule has 172 valence electrons. The molecule has 0 spiro atoms. The maximum Gasteiger partial charge on any atom is 0.293 e. The van der Waals surface area contributed by atoms with Crippen molar-refractivity contribution in [1.29, 1.82) is 0 Å². The van der Waals surface area contributed by atoms with Crippen LogP contribution in [0.5, 0.6) is 0 Å². The van der Waals surface area contributed by atoms with Crippen LogP contribution in [0.2, 0.25) is 0 Å².